The van der Waals surface area contributed by atoms with Crippen molar-refractivity contribution < 1.29 is 9.52 Å². The first-order chi connectivity index (χ1) is 5.70. The molecular weight excluding hydrogens is 152 g/mol. The molecule has 68 valence electrons. The van der Waals surface area contributed by atoms with Gasteiger partial charge >= 0.3 is 0 Å². The second-order valence-electron chi connectivity index (χ2n) is 3.19. The van der Waals surface area contributed by atoms with E-state index in [0.717, 1.165) is 18.6 Å². The van der Waals surface area contributed by atoms with Gasteiger partial charge in [0.2, 0.25) is 0 Å². The fourth-order valence-corrected chi connectivity index (χ4v) is 1.24. The first-order valence-corrected chi connectivity index (χ1v) is 4.45. The van der Waals surface area contributed by atoms with Crippen LogP contribution in [0, 0.1) is 0 Å². The van der Waals surface area contributed by atoms with Gasteiger partial charge in [-0.3, -0.25) is 0 Å². The highest BCUT2D eigenvalue weighted by atomic mass is 16.3. The number of aliphatic hydroxyl groups is 1. The quantitative estimate of drug-likeness (QED) is 0.748. The number of hydrogen-bond acceptors (Lipinski definition) is 2. The van der Waals surface area contributed by atoms with E-state index in [4.69, 9.17) is 4.42 Å². The van der Waals surface area contributed by atoms with E-state index in [2.05, 4.69) is 0 Å². The number of rotatable bonds is 4. The molecule has 0 aliphatic carbocycles. The molecule has 0 fully saturated rings. The first-order valence-electron chi connectivity index (χ1n) is 4.45. The van der Waals surface area contributed by atoms with Gasteiger partial charge in [0.1, 0.15) is 5.76 Å². The minimum Gasteiger partial charge on any atom is -0.469 e. The van der Waals surface area contributed by atoms with Gasteiger partial charge < -0.3 is 9.52 Å². The molecule has 1 heterocycles. The average molecular weight is 168 g/mol. The van der Waals surface area contributed by atoms with Crippen LogP contribution >= 0.6 is 0 Å². The molecule has 0 spiro atoms. The standard InChI is InChI=1S/C10H16O2/c1-3-10(11,4-2)8-9-6-5-7-12-9/h5-7,11H,3-4,8H2,1-2H3. The third-order valence-electron chi connectivity index (χ3n) is 2.40. The van der Waals surface area contributed by atoms with Crippen LogP contribution in [0.4, 0.5) is 0 Å². The van der Waals surface area contributed by atoms with Crippen molar-refractivity contribution in [2.45, 2.75) is 38.7 Å². The molecule has 1 aromatic rings. The highest BCUT2D eigenvalue weighted by Crippen LogP contribution is 2.20. The highest BCUT2D eigenvalue weighted by molar-refractivity contribution is 5.02. The molecule has 0 aromatic carbocycles. The third kappa shape index (κ3) is 2.11. The Kier molecular flexibility index (Phi) is 2.93. The van der Waals surface area contributed by atoms with Crippen molar-refractivity contribution in [3.63, 3.8) is 0 Å². The Hall–Kier alpha value is -0.760. The van der Waals surface area contributed by atoms with Gasteiger partial charge in [-0.15, -0.1) is 0 Å². The molecule has 0 saturated carbocycles. The van der Waals surface area contributed by atoms with Crippen molar-refractivity contribution in [2.75, 3.05) is 0 Å². The van der Waals surface area contributed by atoms with Crippen LogP contribution < -0.4 is 0 Å². The SMILES string of the molecule is CCC(O)(CC)Cc1ccco1. The van der Waals surface area contributed by atoms with Gasteiger partial charge in [0, 0.05) is 6.42 Å². The summed E-state index contributed by atoms with van der Waals surface area (Å²) in [7, 11) is 0. The lowest BCUT2D eigenvalue weighted by Gasteiger charge is -2.23. The van der Waals surface area contributed by atoms with Crippen molar-refractivity contribution in [1.29, 1.82) is 0 Å². The highest BCUT2D eigenvalue weighted by Gasteiger charge is 2.23. The molecule has 2 nitrogen and oxygen atoms in total. The minimum absolute atomic E-state index is 0.585. The lowest BCUT2D eigenvalue weighted by atomic mass is 9.92. The maximum Gasteiger partial charge on any atom is 0.106 e. The fourth-order valence-electron chi connectivity index (χ4n) is 1.24. The molecule has 0 aliphatic heterocycles. The van der Waals surface area contributed by atoms with Crippen LogP contribution in [0.5, 0.6) is 0 Å². The van der Waals surface area contributed by atoms with Gasteiger partial charge in [-0.25, -0.2) is 0 Å². The van der Waals surface area contributed by atoms with Crippen LogP contribution in [0.25, 0.3) is 0 Å². The summed E-state index contributed by atoms with van der Waals surface area (Å²) in [6, 6.07) is 3.75. The molecule has 0 radical (unpaired) electrons. The van der Waals surface area contributed by atoms with Crippen LogP contribution in [-0.4, -0.2) is 10.7 Å². The zero-order chi connectivity index (χ0) is 9.03. The van der Waals surface area contributed by atoms with Crippen molar-refractivity contribution in [3.8, 4) is 0 Å². The van der Waals surface area contributed by atoms with E-state index in [9.17, 15) is 5.11 Å². The van der Waals surface area contributed by atoms with Crippen LogP contribution in [-0.2, 0) is 6.42 Å². The Morgan fingerprint density at radius 1 is 1.42 bits per heavy atom. The van der Waals surface area contributed by atoms with Crippen molar-refractivity contribution in [3.05, 3.63) is 24.2 Å². The zero-order valence-electron chi connectivity index (χ0n) is 7.71. The Bertz CT molecular complexity index is 210. The molecule has 0 bridgehead atoms. The van der Waals surface area contributed by atoms with Gasteiger partial charge in [-0.05, 0) is 25.0 Å². The Balaban J connectivity index is 2.60. The molecule has 1 N–H and O–H groups in total. The molecule has 0 saturated heterocycles. The van der Waals surface area contributed by atoms with E-state index in [1.807, 2.05) is 26.0 Å². The van der Waals surface area contributed by atoms with Gasteiger partial charge in [-0.1, -0.05) is 13.8 Å². The van der Waals surface area contributed by atoms with Crippen LogP contribution in [0.1, 0.15) is 32.4 Å². The van der Waals surface area contributed by atoms with E-state index in [0.29, 0.717) is 6.42 Å². The largest absolute Gasteiger partial charge is 0.469 e. The van der Waals surface area contributed by atoms with Crippen LogP contribution in [0.15, 0.2) is 22.8 Å². The second-order valence-corrected chi connectivity index (χ2v) is 3.19. The minimum atomic E-state index is -0.585. The van der Waals surface area contributed by atoms with E-state index < -0.39 is 5.60 Å². The molecule has 0 amide bonds. The Labute approximate surface area is 73.2 Å². The molecule has 0 aliphatic rings. The van der Waals surface area contributed by atoms with Gasteiger partial charge in [0.25, 0.3) is 0 Å². The monoisotopic (exact) mass is 168 g/mol. The lowest BCUT2D eigenvalue weighted by molar-refractivity contribution is 0.0279. The second kappa shape index (κ2) is 3.76. The maximum atomic E-state index is 9.94. The average Bonchev–Trinajstić information content (AvgIpc) is 2.57. The molecular formula is C10H16O2. The molecule has 0 unspecified atom stereocenters. The summed E-state index contributed by atoms with van der Waals surface area (Å²) in [5.41, 5.74) is -0.585. The van der Waals surface area contributed by atoms with E-state index in [1.165, 1.54) is 0 Å². The van der Waals surface area contributed by atoms with Crippen molar-refractivity contribution in [2.24, 2.45) is 0 Å². The summed E-state index contributed by atoms with van der Waals surface area (Å²) in [5, 5.41) is 9.94. The predicted octanol–water partition coefficient (Wildman–Crippen LogP) is 2.37. The zero-order valence-corrected chi connectivity index (χ0v) is 7.71. The Morgan fingerprint density at radius 3 is 2.50 bits per heavy atom. The van der Waals surface area contributed by atoms with Gasteiger partial charge in [0.05, 0.1) is 11.9 Å². The summed E-state index contributed by atoms with van der Waals surface area (Å²) in [6.45, 7) is 3.98. The van der Waals surface area contributed by atoms with Crippen molar-refractivity contribution >= 4 is 0 Å². The molecule has 12 heavy (non-hydrogen) atoms. The summed E-state index contributed by atoms with van der Waals surface area (Å²) in [6.07, 6.45) is 3.79. The number of hydrogen-bond donors (Lipinski definition) is 1. The predicted molar refractivity (Wildman–Crippen MR) is 47.9 cm³/mol. The van der Waals surface area contributed by atoms with Crippen molar-refractivity contribution in [1.82, 2.24) is 0 Å². The topological polar surface area (TPSA) is 33.4 Å². The molecule has 1 rings (SSSR count). The molecule has 1 aromatic heterocycles. The summed E-state index contributed by atoms with van der Waals surface area (Å²) in [4.78, 5) is 0. The lowest BCUT2D eigenvalue weighted by Crippen LogP contribution is -2.29. The van der Waals surface area contributed by atoms with Crippen LogP contribution in [0.3, 0.4) is 0 Å². The third-order valence-corrected chi connectivity index (χ3v) is 2.40. The van der Waals surface area contributed by atoms with E-state index >= 15 is 0 Å². The van der Waals surface area contributed by atoms with E-state index in [1.54, 1.807) is 6.26 Å². The summed E-state index contributed by atoms with van der Waals surface area (Å²) in [5.74, 6) is 0.862. The smallest absolute Gasteiger partial charge is 0.106 e. The summed E-state index contributed by atoms with van der Waals surface area (Å²) < 4.78 is 5.17. The van der Waals surface area contributed by atoms with Crippen LogP contribution in [0.2, 0.25) is 0 Å². The van der Waals surface area contributed by atoms with Gasteiger partial charge in [0.15, 0.2) is 0 Å². The Morgan fingerprint density at radius 2 is 2.08 bits per heavy atom. The first kappa shape index (κ1) is 9.33. The number of furan rings is 1. The summed E-state index contributed by atoms with van der Waals surface area (Å²) >= 11 is 0. The normalized spacial score (nSPS) is 11.9. The maximum absolute atomic E-state index is 9.94. The molecule has 2 heteroatoms. The molecule has 0 atom stereocenters. The fraction of sp³-hybridized carbons (Fsp3) is 0.600. The van der Waals surface area contributed by atoms with E-state index in [-0.39, 0.29) is 0 Å². The van der Waals surface area contributed by atoms with Gasteiger partial charge in [-0.2, -0.15) is 0 Å².